The topological polar surface area (TPSA) is 26.3 Å². The largest absolute Gasteiger partial charge is 0.466 e. The zero-order valence-electron chi connectivity index (χ0n) is 8.16. The van der Waals surface area contributed by atoms with Crippen molar-refractivity contribution in [3.8, 4) is 0 Å². The van der Waals surface area contributed by atoms with Crippen molar-refractivity contribution in [2.75, 3.05) is 6.61 Å². The molecule has 73 valence electrons. The van der Waals surface area contributed by atoms with E-state index in [0.717, 1.165) is 0 Å². The number of carbonyl (C=O) groups excluding carboxylic acids is 1. The maximum atomic E-state index is 11.5. The van der Waals surface area contributed by atoms with E-state index in [-0.39, 0.29) is 11.9 Å². The number of esters is 1. The van der Waals surface area contributed by atoms with Crippen LogP contribution in [0.2, 0.25) is 0 Å². The highest BCUT2D eigenvalue weighted by molar-refractivity contribution is 5.74. The van der Waals surface area contributed by atoms with E-state index in [0.29, 0.717) is 18.4 Å². The predicted octanol–water partition coefficient (Wildman–Crippen LogP) is 2.19. The highest BCUT2D eigenvalue weighted by Crippen LogP contribution is 2.44. The lowest BCUT2D eigenvalue weighted by atomic mass is 9.65. The van der Waals surface area contributed by atoms with E-state index in [4.69, 9.17) is 4.74 Å². The van der Waals surface area contributed by atoms with Gasteiger partial charge in [0.25, 0.3) is 0 Å². The summed E-state index contributed by atoms with van der Waals surface area (Å²) in [6.45, 7) is 2.39. The Morgan fingerprint density at radius 2 is 2.08 bits per heavy atom. The lowest BCUT2D eigenvalue weighted by Crippen LogP contribution is -2.37. The molecule has 3 rings (SSSR count). The minimum Gasteiger partial charge on any atom is -0.466 e. The summed E-state index contributed by atoms with van der Waals surface area (Å²) in [7, 11) is 0. The molecule has 3 saturated carbocycles. The fraction of sp³-hybridized carbons (Fsp3) is 0.818. The van der Waals surface area contributed by atoms with Crippen molar-refractivity contribution in [2.45, 2.75) is 32.6 Å². The molecule has 0 aromatic heterocycles. The second-order valence-corrected chi connectivity index (χ2v) is 4.15. The standard InChI is InChI=1S/C11H17O2/c1-2-13-11(12)10-7-8-3-5-9(10)6-4-8/h7-10H,2-6H2,1H3. The van der Waals surface area contributed by atoms with Gasteiger partial charge >= 0.3 is 5.97 Å². The lowest BCUT2D eigenvalue weighted by molar-refractivity contribution is -0.150. The van der Waals surface area contributed by atoms with Crippen LogP contribution in [0.3, 0.4) is 0 Å². The van der Waals surface area contributed by atoms with Gasteiger partial charge < -0.3 is 4.74 Å². The second-order valence-electron chi connectivity index (χ2n) is 4.15. The van der Waals surface area contributed by atoms with Gasteiger partial charge in [-0.1, -0.05) is 0 Å². The first-order chi connectivity index (χ1) is 6.31. The number of rotatable bonds is 2. The molecule has 1 unspecified atom stereocenters. The van der Waals surface area contributed by atoms with Gasteiger partial charge in [0.15, 0.2) is 0 Å². The first kappa shape index (κ1) is 9.04. The molecule has 0 aromatic carbocycles. The molecule has 3 aliphatic carbocycles. The Labute approximate surface area is 79.7 Å². The van der Waals surface area contributed by atoms with Gasteiger partial charge in [-0.3, -0.25) is 4.79 Å². The van der Waals surface area contributed by atoms with Crippen molar-refractivity contribution in [3.05, 3.63) is 6.42 Å². The van der Waals surface area contributed by atoms with Crippen LogP contribution in [0, 0.1) is 24.2 Å². The van der Waals surface area contributed by atoms with E-state index in [1.165, 1.54) is 25.7 Å². The molecule has 0 amide bonds. The molecule has 0 saturated heterocycles. The molecule has 0 spiro atoms. The summed E-state index contributed by atoms with van der Waals surface area (Å²) in [6.07, 6.45) is 7.27. The molecular formula is C11H17O2. The average Bonchev–Trinajstić information content (AvgIpc) is 2.20. The Hall–Kier alpha value is -0.530. The van der Waals surface area contributed by atoms with Gasteiger partial charge in [-0.05, 0) is 50.9 Å². The van der Waals surface area contributed by atoms with Crippen molar-refractivity contribution in [3.63, 3.8) is 0 Å². The Balaban J connectivity index is 1.96. The van der Waals surface area contributed by atoms with E-state index in [1.54, 1.807) is 0 Å². The highest BCUT2D eigenvalue weighted by atomic mass is 16.5. The molecule has 1 atom stereocenters. The van der Waals surface area contributed by atoms with Gasteiger partial charge in [0.2, 0.25) is 0 Å². The molecule has 0 aliphatic heterocycles. The molecule has 0 aromatic rings. The van der Waals surface area contributed by atoms with Crippen LogP contribution in [0.25, 0.3) is 0 Å². The molecule has 2 bridgehead atoms. The molecule has 1 radical (unpaired) electrons. The molecule has 2 nitrogen and oxygen atoms in total. The zero-order chi connectivity index (χ0) is 9.26. The molecule has 2 heteroatoms. The van der Waals surface area contributed by atoms with Gasteiger partial charge in [-0.2, -0.15) is 0 Å². The second kappa shape index (κ2) is 3.69. The third kappa shape index (κ3) is 1.72. The Morgan fingerprint density at radius 3 is 2.54 bits per heavy atom. The third-order valence-corrected chi connectivity index (χ3v) is 3.36. The number of carbonyl (C=O) groups is 1. The van der Waals surface area contributed by atoms with E-state index in [9.17, 15) is 4.79 Å². The minimum atomic E-state index is 0.0110. The van der Waals surface area contributed by atoms with Crippen molar-refractivity contribution < 1.29 is 9.53 Å². The van der Waals surface area contributed by atoms with Gasteiger partial charge in [-0.25, -0.2) is 0 Å². The highest BCUT2D eigenvalue weighted by Gasteiger charge is 2.40. The Kier molecular flexibility index (Phi) is 2.56. The van der Waals surface area contributed by atoms with Gasteiger partial charge in [-0.15, -0.1) is 0 Å². The van der Waals surface area contributed by atoms with Crippen LogP contribution in [-0.2, 0) is 9.53 Å². The fourth-order valence-corrected chi connectivity index (χ4v) is 2.66. The number of ether oxygens (including phenoxy) is 1. The van der Waals surface area contributed by atoms with Crippen LogP contribution in [-0.4, -0.2) is 12.6 Å². The zero-order valence-corrected chi connectivity index (χ0v) is 8.16. The quantitative estimate of drug-likeness (QED) is 0.610. The van der Waals surface area contributed by atoms with Crippen LogP contribution in [0.1, 0.15) is 32.6 Å². The van der Waals surface area contributed by atoms with Crippen molar-refractivity contribution in [1.29, 1.82) is 0 Å². The molecule has 0 heterocycles. The van der Waals surface area contributed by atoms with E-state index >= 15 is 0 Å². The van der Waals surface area contributed by atoms with Gasteiger partial charge in [0.1, 0.15) is 0 Å². The average molecular weight is 181 g/mol. The summed E-state index contributed by atoms with van der Waals surface area (Å²) in [5.41, 5.74) is 0. The number of hydrogen-bond donors (Lipinski definition) is 0. The molecular weight excluding hydrogens is 164 g/mol. The van der Waals surface area contributed by atoms with E-state index in [2.05, 4.69) is 6.42 Å². The summed E-state index contributed by atoms with van der Waals surface area (Å²) in [5.74, 6) is 1.41. The summed E-state index contributed by atoms with van der Waals surface area (Å²) in [6, 6.07) is 0. The summed E-state index contributed by atoms with van der Waals surface area (Å²) in [4.78, 5) is 11.5. The Bertz CT molecular complexity index is 192. The van der Waals surface area contributed by atoms with Gasteiger partial charge in [0, 0.05) is 0 Å². The first-order valence-electron chi connectivity index (χ1n) is 5.33. The summed E-state index contributed by atoms with van der Waals surface area (Å²) >= 11 is 0. The Morgan fingerprint density at radius 1 is 1.38 bits per heavy atom. The maximum absolute atomic E-state index is 11.5. The van der Waals surface area contributed by atoms with E-state index < -0.39 is 0 Å². The number of hydrogen-bond acceptors (Lipinski definition) is 2. The molecule has 3 fully saturated rings. The van der Waals surface area contributed by atoms with Crippen LogP contribution < -0.4 is 0 Å². The smallest absolute Gasteiger partial charge is 0.309 e. The monoisotopic (exact) mass is 181 g/mol. The fourth-order valence-electron chi connectivity index (χ4n) is 2.66. The molecule has 0 N–H and O–H groups in total. The molecule has 13 heavy (non-hydrogen) atoms. The molecule has 3 aliphatic rings. The van der Waals surface area contributed by atoms with Gasteiger partial charge in [0.05, 0.1) is 12.5 Å². The normalized spacial score (nSPS) is 37.5. The van der Waals surface area contributed by atoms with Crippen molar-refractivity contribution >= 4 is 5.97 Å². The minimum absolute atomic E-state index is 0.0110. The predicted molar refractivity (Wildman–Crippen MR) is 49.9 cm³/mol. The summed E-state index contributed by atoms with van der Waals surface area (Å²) in [5, 5.41) is 0. The van der Waals surface area contributed by atoms with Crippen LogP contribution in [0.15, 0.2) is 0 Å². The van der Waals surface area contributed by atoms with Crippen molar-refractivity contribution in [2.24, 2.45) is 17.8 Å². The SMILES string of the molecule is CCOC(=O)C1[CH]C2CCC1CC2. The van der Waals surface area contributed by atoms with Crippen LogP contribution >= 0.6 is 0 Å². The van der Waals surface area contributed by atoms with Crippen LogP contribution in [0.4, 0.5) is 0 Å². The first-order valence-corrected chi connectivity index (χ1v) is 5.33. The maximum Gasteiger partial charge on any atom is 0.309 e. The van der Waals surface area contributed by atoms with Crippen molar-refractivity contribution in [1.82, 2.24) is 0 Å². The third-order valence-electron chi connectivity index (χ3n) is 3.36. The lowest BCUT2D eigenvalue weighted by Gasteiger charge is -2.40. The number of fused-ring (bicyclic) bond motifs is 3. The van der Waals surface area contributed by atoms with Crippen LogP contribution in [0.5, 0.6) is 0 Å². The summed E-state index contributed by atoms with van der Waals surface area (Å²) < 4.78 is 5.06. The van der Waals surface area contributed by atoms with E-state index in [1.807, 2.05) is 6.92 Å².